The fourth-order valence-corrected chi connectivity index (χ4v) is 5.55. The van der Waals surface area contributed by atoms with Crippen LogP contribution in [-0.2, 0) is 12.2 Å². The molecule has 4 heterocycles. The lowest BCUT2D eigenvalue weighted by atomic mass is 9.83. The van der Waals surface area contributed by atoms with Crippen molar-refractivity contribution in [1.29, 1.82) is 0 Å². The lowest BCUT2D eigenvalue weighted by Crippen LogP contribution is -2.27. The molecule has 9 nitrogen and oxygen atoms in total. The van der Waals surface area contributed by atoms with Gasteiger partial charge in [0.2, 0.25) is 11.5 Å². The van der Waals surface area contributed by atoms with Crippen molar-refractivity contribution in [3.05, 3.63) is 75.8 Å². The number of nitrogens with one attached hydrogen (secondary N) is 1. The number of rotatable bonds is 6. The van der Waals surface area contributed by atoms with Crippen LogP contribution in [0.15, 0.2) is 57.9 Å². The van der Waals surface area contributed by atoms with E-state index in [1.165, 1.54) is 6.92 Å². The number of aromatic amines is 1. The summed E-state index contributed by atoms with van der Waals surface area (Å²) in [6.45, 7) is 4.29. The summed E-state index contributed by atoms with van der Waals surface area (Å²) in [5.74, 6) is 0.437. The molecule has 0 bridgehead atoms. The minimum absolute atomic E-state index is 0.0527. The van der Waals surface area contributed by atoms with Gasteiger partial charge in [-0.2, -0.15) is 0 Å². The SMILES string of the molecule is CC(F)(c1ccccn1)c1nc2nc(-c3n[nH]c(=O)o3)nc(-c3cccc(Cl)c3)c2n1C[C@H]1CC[C@H](C)CC1. The summed E-state index contributed by atoms with van der Waals surface area (Å²) in [5.41, 5.74) is 0.246. The van der Waals surface area contributed by atoms with Gasteiger partial charge in [0.05, 0.1) is 5.69 Å². The first-order valence-electron chi connectivity index (χ1n) is 13.0. The number of hydrogen-bond donors (Lipinski definition) is 1. The number of benzene rings is 1. The molecule has 1 N–H and O–H groups in total. The van der Waals surface area contributed by atoms with Crippen molar-refractivity contribution in [2.45, 2.75) is 51.7 Å². The predicted octanol–water partition coefficient (Wildman–Crippen LogP) is 5.94. The molecule has 1 aliphatic rings. The third-order valence-corrected chi connectivity index (χ3v) is 7.71. The van der Waals surface area contributed by atoms with Gasteiger partial charge in [0.15, 0.2) is 11.5 Å². The summed E-state index contributed by atoms with van der Waals surface area (Å²) < 4.78 is 23.9. The fourth-order valence-electron chi connectivity index (χ4n) is 5.36. The first-order valence-corrected chi connectivity index (χ1v) is 13.4. The van der Waals surface area contributed by atoms with E-state index in [4.69, 9.17) is 26.0 Å². The van der Waals surface area contributed by atoms with Gasteiger partial charge in [0, 0.05) is 23.3 Å². The number of hydrogen-bond acceptors (Lipinski definition) is 7. The Bertz CT molecular complexity index is 1690. The van der Waals surface area contributed by atoms with Gasteiger partial charge < -0.3 is 8.98 Å². The first kappa shape index (κ1) is 25.4. The third-order valence-electron chi connectivity index (χ3n) is 7.47. The second kappa shape index (κ2) is 10.00. The monoisotopic (exact) mass is 547 g/mol. The van der Waals surface area contributed by atoms with Crippen LogP contribution in [0.3, 0.4) is 0 Å². The van der Waals surface area contributed by atoms with Crippen molar-refractivity contribution in [3.8, 4) is 23.0 Å². The van der Waals surface area contributed by atoms with Crippen LogP contribution < -0.4 is 5.76 Å². The van der Waals surface area contributed by atoms with Gasteiger partial charge in [-0.3, -0.25) is 4.98 Å². The molecule has 6 rings (SSSR count). The highest BCUT2D eigenvalue weighted by Gasteiger charge is 2.38. The number of H-pyrrole nitrogens is 1. The summed E-state index contributed by atoms with van der Waals surface area (Å²) in [6.07, 6.45) is 5.89. The summed E-state index contributed by atoms with van der Waals surface area (Å²) in [6, 6.07) is 12.4. The van der Waals surface area contributed by atoms with E-state index < -0.39 is 11.4 Å². The Morgan fingerprint density at radius 1 is 1.13 bits per heavy atom. The normalized spacial score (nSPS) is 19.3. The zero-order valence-corrected chi connectivity index (χ0v) is 22.3. The quantitative estimate of drug-likeness (QED) is 0.279. The number of aromatic nitrogens is 7. The molecule has 1 atom stereocenters. The van der Waals surface area contributed by atoms with Crippen LogP contribution in [0.25, 0.3) is 34.1 Å². The molecule has 0 aliphatic heterocycles. The molecular formula is C28H27ClFN7O2. The van der Waals surface area contributed by atoms with Crippen molar-refractivity contribution >= 4 is 22.8 Å². The molecule has 1 aromatic carbocycles. The van der Waals surface area contributed by atoms with Crippen molar-refractivity contribution in [2.24, 2.45) is 11.8 Å². The van der Waals surface area contributed by atoms with Gasteiger partial charge in [-0.25, -0.2) is 29.2 Å². The second-order valence-corrected chi connectivity index (χ2v) is 10.8. The average Bonchev–Trinajstić information content (AvgIpc) is 3.54. The molecule has 1 saturated carbocycles. The first-order chi connectivity index (χ1) is 18.8. The summed E-state index contributed by atoms with van der Waals surface area (Å²) in [4.78, 5) is 30.1. The van der Waals surface area contributed by atoms with Crippen molar-refractivity contribution < 1.29 is 8.81 Å². The van der Waals surface area contributed by atoms with Gasteiger partial charge in [-0.15, -0.1) is 5.10 Å². The Labute approximate surface area is 228 Å². The van der Waals surface area contributed by atoms with Crippen LogP contribution in [0.1, 0.15) is 51.0 Å². The molecule has 0 saturated heterocycles. The zero-order valence-electron chi connectivity index (χ0n) is 21.6. The van der Waals surface area contributed by atoms with Gasteiger partial charge in [-0.05, 0) is 55.9 Å². The number of halogens is 2. The molecule has 200 valence electrons. The smallest absolute Gasteiger partial charge is 0.384 e. The molecule has 4 aromatic heterocycles. The Morgan fingerprint density at radius 3 is 2.64 bits per heavy atom. The summed E-state index contributed by atoms with van der Waals surface area (Å²) >= 11 is 6.36. The largest absolute Gasteiger partial charge is 0.434 e. The molecule has 1 aliphatic carbocycles. The highest BCUT2D eigenvalue weighted by Crippen LogP contribution is 2.39. The Hall–Kier alpha value is -3.92. The minimum Gasteiger partial charge on any atom is -0.384 e. The van der Waals surface area contributed by atoms with E-state index >= 15 is 4.39 Å². The Balaban J connectivity index is 1.62. The lowest BCUT2D eigenvalue weighted by Gasteiger charge is -2.29. The highest BCUT2D eigenvalue weighted by molar-refractivity contribution is 6.30. The summed E-state index contributed by atoms with van der Waals surface area (Å²) in [7, 11) is 0. The molecular weight excluding hydrogens is 521 g/mol. The molecule has 1 unspecified atom stereocenters. The van der Waals surface area contributed by atoms with E-state index in [0.29, 0.717) is 40.2 Å². The van der Waals surface area contributed by atoms with Crippen molar-refractivity contribution in [2.75, 3.05) is 0 Å². The van der Waals surface area contributed by atoms with Gasteiger partial charge in [-0.1, -0.05) is 49.6 Å². The minimum atomic E-state index is -2.02. The number of alkyl halides is 1. The van der Waals surface area contributed by atoms with E-state index in [2.05, 4.69) is 27.1 Å². The molecule has 39 heavy (non-hydrogen) atoms. The van der Waals surface area contributed by atoms with Crippen molar-refractivity contribution in [3.63, 3.8) is 0 Å². The Kier molecular flexibility index (Phi) is 6.50. The summed E-state index contributed by atoms with van der Waals surface area (Å²) in [5, 5.41) is 6.65. The standard InChI is InChI=1S/C28H27ClFN7O2/c1-16-9-11-17(12-10-16)15-37-22-21(18-6-5-7-19(29)14-18)32-24(25-35-36-27(38)39-25)33-23(22)34-26(37)28(2,30)20-8-3-4-13-31-20/h3-8,13-14,16-17H,9-12,15H2,1-2H3,(H,36,38)/t16-,17-,28?. The number of imidazole rings is 1. The van der Waals surface area contributed by atoms with Gasteiger partial charge in [0.25, 0.3) is 5.89 Å². The van der Waals surface area contributed by atoms with E-state index in [9.17, 15) is 4.79 Å². The zero-order chi connectivity index (χ0) is 27.1. The van der Waals surface area contributed by atoms with E-state index in [1.807, 2.05) is 16.7 Å². The topological polar surface area (TPSA) is 115 Å². The van der Waals surface area contributed by atoms with Crippen molar-refractivity contribution in [1.82, 2.24) is 34.7 Å². The number of nitrogens with zero attached hydrogens (tertiary/aromatic N) is 6. The molecule has 11 heteroatoms. The Morgan fingerprint density at radius 2 is 1.95 bits per heavy atom. The molecule has 0 radical (unpaired) electrons. The molecule has 5 aromatic rings. The molecule has 0 spiro atoms. The number of fused-ring (bicyclic) bond motifs is 1. The second-order valence-electron chi connectivity index (χ2n) is 10.4. The maximum absolute atomic E-state index is 16.8. The molecule has 1 fully saturated rings. The molecule has 0 amide bonds. The van der Waals surface area contributed by atoms with E-state index in [-0.39, 0.29) is 28.9 Å². The fraction of sp³-hybridized carbons (Fsp3) is 0.357. The van der Waals surface area contributed by atoms with Gasteiger partial charge >= 0.3 is 5.76 Å². The average molecular weight is 548 g/mol. The van der Waals surface area contributed by atoms with Crippen LogP contribution in [0.4, 0.5) is 4.39 Å². The lowest BCUT2D eigenvalue weighted by molar-refractivity contribution is 0.209. The van der Waals surface area contributed by atoms with E-state index in [1.54, 1.807) is 36.5 Å². The number of pyridine rings is 1. The van der Waals surface area contributed by atoms with Crippen LogP contribution in [0, 0.1) is 11.8 Å². The third kappa shape index (κ3) is 4.85. The van der Waals surface area contributed by atoms with E-state index in [0.717, 1.165) is 25.7 Å². The highest BCUT2D eigenvalue weighted by atomic mass is 35.5. The maximum Gasteiger partial charge on any atom is 0.434 e. The van der Waals surface area contributed by atoms with Gasteiger partial charge in [0.1, 0.15) is 11.2 Å². The van der Waals surface area contributed by atoms with Crippen LogP contribution >= 0.6 is 11.6 Å². The van der Waals surface area contributed by atoms with Crippen LogP contribution in [0.5, 0.6) is 0 Å². The van der Waals surface area contributed by atoms with Crippen LogP contribution in [-0.4, -0.2) is 34.7 Å². The predicted molar refractivity (Wildman–Crippen MR) is 145 cm³/mol. The van der Waals surface area contributed by atoms with Crippen LogP contribution in [0.2, 0.25) is 5.02 Å². The maximum atomic E-state index is 16.8.